The highest BCUT2D eigenvalue weighted by atomic mass is 15.0. The van der Waals surface area contributed by atoms with E-state index in [-0.39, 0.29) is 0 Å². The van der Waals surface area contributed by atoms with E-state index in [2.05, 4.69) is 113 Å². The largest absolute Gasteiger partial charge is 0.355 e. The molecule has 0 saturated carbocycles. The Morgan fingerprint density at radius 1 is 0.656 bits per heavy atom. The molecule has 1 aliphatic carbocycles. The smallest absolute Gasteiger partial charge is 0.0543 e. The van der Waals surface area contributed by atoms with E-state index in [9.17, 15) is 0 Å². The Morgan fingerprint density at radius 2 is 1.44 bits per heavy atom. The number of fused-ring (bicyclic) bond motifs is 6. The van der Waals surface area contributed by atoms with Gasteiger partial charge in [-0.25, -0.2) is 0 Å². The van der Waals surface area contributed by atoms with Crippen LogP contribution in [-0.2, 0) is 6.42 Å². The molecule has 152 valence electrons. The van der Waals surface area contributed by atoms with Crippen molar-refractivity contribution in [3.8, 4) is 16.8 Å². The lowest BCUT2D eigenvalue weighted by molar-refractivity contribution is 0.967. The minimum absolute atomic E-state index is 1.10. The van der Waals surface area contributed by atoms with Gasteiger partial charge in [0, 0.05) is 38.6 Å². The van der Waals surface area contributed by atoms with Crippen LogP contribution in [0.1, 0.15) is 17.7 Å². The Morgan fingerprint density at radius 3 is 2.38 bits per heavy atom. The maximum Gasteiger partial charge on any atom is 0.0543 e. The first-order valence-corrected chi connectivity index (χ1v) is 11.3. The second kappa shape index (κ2) is 6.73. The number of aryl methyl sites for hydroxylation is 1. The highest BCUT2D eigenvalue weighted by Gasteiger charge is 2.19. The Bertz CT molecular complexity index is 1660. The molecular formula is C30H22N2. The van der Waals surface area contributed by atoms with Crippen LogP contribution in [0, 0.1) is 0 Å². The molecule has 0 unspecified atom stereocenters. The normalized spacial score (nSPS) is 13.2. The van der Waals surface area contributed by atoms with Crippen molar-refractivity contribution in [1.82, 2.24) is 9.55 Å². The molecule has 0 aliphatic heterocycles. The predicted molar refractivity (Wildman–Crippen MR) is 135 cm³/mol. The van der Waals surface area contributed by atoms with Crippen molar-refractivity contribution in [2.24, 2.45) is 0 Å². The summed E-state index contributed by atoms with van der Waals surface area (Å²) in [5.41, 5.74) is 10.2. The van der Waals surface area contributed by atoms with Crippen molar-refractivity contribution in [3.63, 3.8) is 0 Å². The third-order valence-electron chi connectivity index (χ3n) is 6.80. The second-order valence-electron chi connectivity index (χ2n) is 8.64. The van der Waals surface area contributed by atoms with Crippen molar-refractivity contribution in [2.45, 2.75) is 12.8 Å². The minimum atomic E-state index is 1.10. The Hall–Kier alpha value is -4.04. The Kier molecular flexibility index (Phi) is 3.71. The highest BCUT2D eigenvalue weighted by molar-refractivity contribution is 6.08. The first-order valence-electron chi connectivity index (χ1n) is 11.3. The zero-order chi connectivity index (χ0) is 21.1. The summed E-state index contributed by atoms with van der Waals surface area (Å²) in [4.78, 5) is 3.54. The number of nitrogens with zero attached hydrogens (tertiary/aromatic N) is 1. The first kappa shape index (κ1) is 17.6. The van der Waals surface area contributed by atoms with Crippen LogP contribution in [0.3, 0.4) is 0 Å². The lowest BCUT2D eigenvalue weighted by Gasteiger charge is -2.12. The van der Waals surface area contributed by atoms with E-state index >= 15 is 0 Å². The molecule has 0 atom stereocenters. The maximum atomic E-state index is 3.54. The van der Waals surface area contributed by atoms with E-state index in [0.717, 1.165) is 12.8 Å². The van der Waals surface area contributed by atoms with Gasteiger partial charge < -0.3 is 9.55 Å². The van der Waals surface area contributed by atoms with Gasteiger partial charge in [-0.15, -0.1) is 0 Å². The lowest BCUT2D eigenvalue weighted by Crippen LogP contribution is -1.99. The zero-order valence-electron chi connectivity index (χ0n) is 17.7. The van der Waals surface area contributed by atoms with Crippen LogP contribution in [-0.4, -0.2) is 9.55 Å². The number of H-pyrrole nitrogens is 1. The van der Waals surface area contributed by atoms with Crippen LogP contribution in [0.5, 0.6) is 0 Å². The van der Waals surface area contributed by atoms with Gasteiger partial charge in [0.15, 0.2) is 0 Å². The quantitative estimate of drug-likeness (QED) is 0.300. The molecule has 1 aliphatic rings. The molecule has 2 nitrogen and oxygen atoms in total. The SMILES string of the molecule is C1=Cc2c(c3ccc(-c4ccc5[nH]c6ccccc6c5c4)cc3n2-c2ccccc2)CC1. The third-order valence-corrected chi connectivity index (χ3v) is 6.80. The number of hydrogen-bond donors (Lipinski definition) is 1. The van der Waals surface area contributed by atoms with E-state index in [0.29, 0.717) is 0 Å². The van der Waals surface area contributed by atoms with Gasteiger partial charge in [0.25, 0.3) is 0 Å². The van der Waals surface area contributed by atoms with Gasteiger partial charge in [-0.1, -0.05) is 60.7 Å². The summed E-state index contributed by atoms with van der Waals surface area (Å²) in [6, 6.07) is 33.0. The number of hydrogen-bond acceptors (Lipinski definition) is 0. The zero-order valence-corrected chi connectivity index (χ0v) is 17.7. The van der Waals surface area contributed by atoms with Crippen LogP contribution in [0.15, 0.2) is 97.1 Å². The van der Waals surface area contributed by atoms with Gasteiger partial charge in [-0.05, 0) is 72.0 Å². The van der Waals surface area contributed by atoms with Crippen LogP contribution in [0.25, 0.3) is 55.6 Å². The van der Waals surface area contributed by atoms with Gasteiger partial charge in [0.1, 0.15) is 0 Å². The number of nitrogens with one attached hydrogen (secondary N) is 1. The fraction of sp³-hybridized carbons (Fsp3) is 0.0667. The van der Waals surface area contributed by atoms with Crippen molar-refractivity contribution < 1.29 is 0 Å². The van der Waals surface area contributed by atoms with Gasteiger partial charge in [-0.3, -0.25) is 0 Å². The van der Waals surface area contributed by atoms with Gasteiger partial charge in [-0.2, -0.15) is 0 Å². The Balaban J connectivity index is 1.48. The van der Waals surface area contributed by atoms with Crippen molar-refractivity contribution in [2.75, 3.05) is 0 Å². The highest BCUT2D eigenvalue weighted by Crippen LogP contribution is 2.37. The summed E-state index contributed by atoms with van der Waals surface area (Å²) < 4.78 is 2.42. The molecule has 0 saturated heterocycles. The molecule has 0 bridgehead atoms. The number of allylic oxidation sites excluding steroid dienone is 1. The summed E-state index contributed by atoms with van der Waals surface area (Å²) >= 11 is 0. The van der Waals surface area contributed by atoms with Crippen LogP contribution >= 0.6 is 0 Å². The minimum Gasteiger partial charge on any atom is -0.355 e. The molecule has 7 rings (SSSR count). The standard InChI is InChI=1S/C30H22N2/c1-2-8-22(9-3-1)32-29-13-7-5-11-24(29)25-16-14-21(19-30(25)32)20-15-17-28-26(18-20)23-10-4-6-12-27(23)31-28/h1-4,6-10,12-19,31H,5,11H2. The molecule has 2 aromatic heterocycles. The fourth-order valence-electron chi connectivity index (χ4n) is 5.30. The molecule has 0 spiro atoms. The fourth-order valence-corrected chi connectivity index (χ4v) is 5.30. The van der Waals surface area contributed by atoms with Gasteiger partial charge >= 0.3 is 0 Å². The molecule has 0 radical (unpaired) electrons. The maximum absolute atomic E-state index is 3.54. The first-order chi connectivity index (χ1) is 15.9. The number of aromatic amines is 1. The van der Waals surface area contributed by atoms with E-state index in [1.54, 1.807) is 0 Å². The average molecular weight is 411 g/mol. The number of rotatable bonds is 2. The molecular weight excluding hydrogens is 388 g/mol. The van der Waals surface area contributed by atoms with Crippen molar-refractivity contribution in [1.29, 1.82) is 0 Å². The molecule has 1 N–H and O–H groups in total. The Labute approximate surface area is 186 Å². The van der Waals surface area contributed by atoms with Gasteiger partial charge in [0.05, 0.1) is 5.52 Å². The summed E-state index contributed by atoms with van der Waals surface area (Å²) in [5, 5.41) is 3.92. The molecule has 6 aromatic rings. The molecule has 32 heavy (non-hydrogen) atoms. The number of para-hydroxylation sites is 2. The summed E-state index contributed by atoms with van der Waals surface area (Å²) in [6.45, 7) is 0. The van der Waals surface area contributed by atoms with Crippen molar-refractivity contribution in [3.05, 3.63) is 108 Å². The molecule has 0 fully saturated rings. The summed E-state index contributed by atoms with van der Waals surface area (Å²) in [7, 11) is 0. The predicted octanol–water partition coefficient (Wildman–Crippen LogP) is 7.89. The number of aromatic nitrogens is 2. The lowest BCUT2D eigenvalue weighted by atomic mass is 9.98. The summed E-state index contributed by atoms with van der Waals surface area (Å²) in [6.07, 6.45) is 6.80. The average Bonchev–Trinajstić information content (AvgIpc) is 3.39. The van der Waals surface area contributed by atoms with E-state index < -0.39 is 0 Å². The molecule has 4 aromatic carbocycles. The summed E-state index contributed by atoms with van der Waals surface area (Å²) in [5.74, 6) is 0. The van der Waals surface area contributed by atoms with E-state index in [1.807, 2.05) is 0 Å². The van der Waals surface area contributed by atoms with Gasteiger partial charge in [0.2, 0.25) is 0 Å². The third kappa shape index (κ3) is 2.53. The second-order valence-corrected chi connectivity index (χ2v) is 8.64. The molecule has 2 heterocycles. The molecule has 0 amide bonds. The van der Waals surface area contributed by atoms with Crippen molar-refractivity contribution >= 4 is 38.8 Å². The van der Waals surface area contributed by atoms with E-state index in [1.165, 1.54) is 60.8 Å². The van der Waals surface area contributed by atoms with Crippen LogP contribution < -0.4 is 0 Å². The molecule has 2 heteroatoms. The monoisotopic (exact) mass is 410 g/mol. The van der Waals surface area contributed by atoms with Crippen LogP contribution in [0.4, 0.5) is 0 Å². The number of benzene rings is 4. The topological polar surface area (TPSA) is 20.7 Å². The van der Waals surface area contributed by atoms with E-state index in [4.69, 9.17) is 0 Å². The van der Waals surface area contributed by atoms with Crippen LogP contribution in [0.2, 0.25) is 0 Å².